The van der Waals surface area contributed by atoms with Crippen LogP contribution < -0.4 is 5.32 Å². The molecule has 0 bridgehead atoms. The second-order valence-electron chi connectivity index (χ2n) is 6.59. The van der Waals surface area contributed by atoms with Crippen molar-refractivity contribution in [2.24, 2.45) is 17.8 Å². The van der Waals surface area contributed by atoms with Crippen LogP contribution in [-0.4, -0.2) is 12.1 Å². The van der Waals surface area contributed by atoms with E-state index in [2.05, 4.69) is 53.8 Å². The summed E-state index contributed by atoms with van der Waals surface area (Å²) in [6.07, 6.45) is 5.29. The van der Waals surface area contributed by atoms with E-state index in [1.165, 1.54) is 25.7 Å². The van der Waals surface area contributed by atoms with Crippen molar-refractivity contribution in [1.82, 2.24) is 5.32 Å². The zero-order valence-electron chi connectivity index (χ0n) is 13.2. The highest BCUT2D eigenvalue weighted by atomic mass is 14.9. The van der Waals surface area contributed by atoms with Gasteiger partial charge in [-0.05, 0) is 50.9 Å². The normalized spacial score (nSPS) is 19.1. The largest absolute Gasteiger partial charge is 0.312 e. The summed E-state index contributed by atoms with van der Waals surface area (Å²) in [6.45, 7) is 16.3. The van der Waals surface area contributed by atoms with Gasteiger partial charge in [0, 0.05) is 12.1 Å². The number of hydrogen-bond donors (Lipinski definition) is 1. The Hall–Kier alpha value is -0.0400. The molecule has 17 heavy (non-hydrogen) atoms. The first-order chi connectivity index (χ1) is 7.86. The molecule has 0 aromatic heterocycles. The fourth-order valence-corrected chi connectivity index (χ4v) is 2.89. The Morgan fingerprint density at radius 3 is 1.94 bits per heavy atom. The van der Waals surface area contributed by atoms with Crippen molar-refractivity contribution in [3.63, 3.8) is 0 Å². The first kappa shape index (κ1) is 17.0. The lowest BCUT2D eigenvalue weighted by molar-refractivity contribution is 0.303. The van der Waals surface area contributed by atoms with Gasteiger partial charge in [-0.2, -0.15) is 0 Å². The molecule has 0 aliphatic heterocycles. The lowest BCUT2D eigenvalue weighted by atomic mass is 9.92. The summed E-state index contributed by atoms with van der Waals surface area (Å²) < 4.78 is 0. The summed E-state index contributed by atoms with van der Waals surface area (Å²) in [5.41, 5.74) is 0. The molecular weight excluding hydrogens is 206 g/mol. The van der Waals surface area contributed by atoms with Crippen LogP contribution in [0.1, 0.15) is 74.1 Å². The van der Waals surface area contributed by atoms with Crippen LogP contribution in [0.15, 0.2) is 0 Å². The van der Waals surface area contributed by atoms with Gasteiger partial charge in [0.15, 0.2) is 0 Å². The summed E-state index contributed by atoms with van der Waals surface area (Å²) in [7, 11) is 0. The lowest BCUT2D eigenvalue weighted by Gasteiger charge is -2.27. The third kappa shape index (κ3) is 8.65. The van der Waals surface area contributed by atoms with E-state index in [1.807, 2.05) is 0 Å². The van der Waals surface area contributed by atoms with Gasteiger partial charge < -0.3 is 5.32 Å². The molecule has 104 valence electrons. The smallest absolute Gasteiger partial charge is 0.00668 e. The van der Waals surface area contributed by atoms with Crippen LogP contribution >= 0.6 is 0 Å². The van der Waals surface area contributed by atoms with E-state index in [-0.39, 0.29) is 0 Å². The van der Waals surface area contributed by atoms with Crippen molar-refractivity contribution < 1.29 is 0 Å². The van der Waals surface area contributed by atoms with Gasteiger partial charge in [-0.1, -0.05) is 41.0 Å². The summed E-state index contributed by atoms with van der Waals surface area (Å²) in [6, 6.07) is 1.30. The molecule has 4 atom stereocenters. The molecule has 1 heteroatoms. The molecule has 0 aromatic rings. The fourth-order valence-electron chi connectivity index (χ4n) is 2.89. The van der Waals surface area contributed by atoms with Gasteiger partial charge in [0.05, 0.1) is 0 Å². The maximum Gasteiger partial charge on any atom is 0.00668 e. The molecule has 0 radical (unpaired) electrons. The van der Waals surface area contributed by atoms with Gasteiger partial charge in [0.25, 0.3) is 0 Å². The lowest BCUT2D eigenvalue weighted by Crippen LogP contribution is -2.39. The van der Waals surface area contributed by atoms with E-state index in [9.17, 15) is 0 Å². The SMILES string of the molecule is CCCC(C)C(C)NC(C)CC(C)CC(C)C. The molecule has 4 unspecified atom stereocenters. The third-order valence-corrected chi connectivity index (χ3v) is 3.77. The Morgan fingerprint density at radius 1 is 0.882 bits per heavy atom. The van der Waals surface area contributed by atoms with Crippen molar-refractivity contribution in [3.8, 4) is 0 Å². The van der Waals surface area contributed by atoms with Gasteiger partial charge in [0.1, 0.15) is 0 Å². The standard InChI is InChI=1S/C16H35N/c1-8-9-14(5)16(7)17-15(6)11-13(4)10-12(2)3/h12-17H,8-11H2,1-7H3. The molecule has 0 saturated heterocycles. The molecule has 0 heterocycles. The van der Waals surface area contributed by atoms with Crippen molar-refractivity contribution in [2.75, 3.05) is 0 Å². The van der Waals surface area contributed by atoms with Gasteiger partial charge >= 0.3 is 0 Å². The van der Waals surface area contributed by atoms with E-state index in [4.69, 9.17) is 0 Å². The van der Waals surface area contributed by atoms with Crippen molar-refractivity contribution in [2.45, 2.75) is 86.2 Å². The monoisotopic (exact) mass is 241 g/mol. The van der Waals surface area contributed by atoms with Crippen LogP contribution in [0.5, 0.6) is 0 Å². The molecular formula is C16H35N. The van der Waals surface area contributed by atoms with Gasteiger partial charge in [-0.3, -0.25) is 0 Å². The predicted octanol–water partition coefficient (Wildman–Crippen LogP) is 4.86. The maximum absolute atomic E-state index is 3.77. The average Bonchev–Trinajstić information content (AvgIpc) is 2.15. The summed E-state index contributed by atoms with van der Waals surface area (Å²) >= 11 is 0. The second kappa shape index (κ2) is 8.97. The highest BCUT2D eigenvalue weighted by Gasteiger charge is 2.16. The van der Waals surface area contributed by atoms with E-state index >= 15 is 0 Å². The Kier molecular flexibility index (Phi) is 8.94. The number of rotatable bonds is 9. The highest BCUT2D eigenvalue weighted by molar-refractivity contribution is 4.74. The first-order valence-corrected chi connectivity index (χ1v) is 7.62. The molecule has 0 aliphatic rings. The van der Waals surface area contributed by atoms with Crippen molar-refractivity contribution in [1.29, 1.82) is 0 Å². The fraction of sp³-hybridized carbons (Fsp3) is 1.00. The number of nitrogens with one attached hydrogen (secondary N) is 1. The van der Waals surface area contributed by atoms with Crippen molar-refractivity contribution >= 4 is 0 Å². The average molecular weight is 241 g/mol. The molecule has 0 spiro atoms. The van der Waals surface area contributed by atoms with Crippen LogP contribution in [-0.2, 0) is 0 Å². The Labute approximate surface area is 110 Å². The predicted molar refractivity (Wildman–Crippen MR) is 79.4 cm³/mol. The Morgan fingerprint density at radius 2 is 1.47 bits per heavy atom. The molecule has 0 rings (SSSR count). The molecule has 1 nitrogen and oxygen atoms in total. The Bertz CT molecular complexity index is 176. The van der Waals surface area contributed by atoms with E-state index < -0.39 is 0 Å². The molecule has 1 N–H and O–H groups in total. The van der Waals surface area contributed by atoms with E-state index in [1.54, 1.807) is 0 Å². The minimum absolute atomic E-state index is 0.649. The van der Waals surface area contributed by atoms with Crippen LogP contribution in [0.25, 0.3) is 0 Å². The third-order valence-electron chi connectivity index (χ3n) is 3.77. The zero-order valence-corrected chi connectivity index (χ0v) is 13.2. The number of hydrogen-bond acceptors (Lipinski definition) is 1. The second-order valence-corrected chi connectivity index (χ2v) is 6.59. The minimum atomic E-state index is 0.649. The van der Waals surface area contributed by atoms with Gasteiger partial charge in [0.2, 0.25) is 0 Å². The van der Waals surface area contributed by atoms with Gasteiger partial charge in [-0.25, -0.2) is 0 Å². The minimum Gasteiger partial charge on any atom is -0.312 e. The summed E-state index contributed by atoms with van der Waals surface area (Å²) in [5.74, 6) is 2.46. The topological polar surface area (TPSA) is 12.0 Å². The maximum atomic E-state index is 3.77. The molecule has 0 saturated carbocycles. The van der Waals surface area contributed by atoms with Gasteiger partial charge in [-0.15, -0.1) is 0 Å². The summed E-state index contributed by atoms with van der Waals surface area (Å²) in [4.78, 5) is 0. The van der Waals surface area contributed by atoms with Crippen LogP contribution in [0.2, 0.25) is 0 Å². The van der Waals surface area contributed by atoms with Crippen LogP contribution in [0.3, 0.4) is 0 Å². The van der Waals surface area contributed by atoms with Crippen LogP contribution in [0.4, 0.5) is 0 Å². The quantitative estimate of drug-likeness (QED) is 0.608. The van der Waals surface area contributed by atoms with Crippen molar-refractivity contribution in [3.05, 3.63) is 0 Å². The molecule has 0 amide bonds. The molecule has 0 fully saturated rings. The molecule has 0 aliphatic carbocycles. The summed E-state index contributed by atoms with van der Waals surface area (Å²) in [5, 5.41) is 3.77. The highest BCUT2D eigenvalue weighted by Crippen LogP contribution is 2.18. The van der Waals surface area contributed by atoms with E-state index in [0.29, 0.717) is 12.1 Å². The zero-order chi connectivity index (χ0) is 13.4. The van der Waals surface area contributed by atoms with Crippen LogP contribution in [0, 0.1) is 17.8 Å². The molecule has 0 aromatic carbocycles. The first-order valence-electron chi connectivity index (χ1n) is 7.62. The Balaban J connectivity index is 3.87. The van der Waals surface area contributed by atoms with E-state index in [0.717, 1.165) is 17.8 Å².